The van der Waals surface area contributed by atoms with E-state index in [1.807, 2.05) is 25.2 Å². The first-order valence-electron chi connectivity index (χ1n) is 7.09. The summed E-state index contributed by atoms with van der Waals surface area (Å²) in [5.74, 6) is 1.38. The topological polar surface area (TPSA) is 34.1 Å². The zero-order valence-corrected chi connectivity index (χ0v) is 13.2. The fourth-order valence-electron chi connectivity index (χ4n) is 2.48. The van der Waals surface area contributed by atoms with Gasteiger partial charge in [-0.3, -0.25) is 4.98 Å². The van der Waals surface area contributed by atoms with Crippen molar-refractivity contribution in [2.24, 2.45) is 5.92 Å². The molecular weight excluding hydrogens is 284 g/mol. The third-order valence-corrected chi connectivity index (χ3v) is 3.88. The molecule has 21 heavy (non-hydrogen) atoms. The first kappa shape index (κ1) is 15.8. The fraction of sp³-hybridized carbons (Fsp3) is 0.353. The summed E-state index contributed by atoms with van der Waals surface area (Å²) >= 11 is 6.21. The maximum absolute atomic E-state index is 6.21. The van der Waals surface area contributed by atoms with E-state index < -0.39 is 0 Å². The average molecular weight is 305 g/mol. The Morgan fingerprint density at radius 1 is 1.19 bits per heavy atom. The van der Waals surface area contributed by atoms with E-state index in [0.717, 1.165) is 35.7 Å². The predicted molar refractivity (Wildman–Crippen MR) is 87.1 cm³/mol. The molecule has 0 aliphatic rings. The number of nitrogens with one attached hydrogen (secondary N) is 1. The van der Waals surface area contributed by atoms with Gasteiger partial charge in [-0.1, -0.05) is 23.7 Å². The number of pyridine rings is 1. The molecule has 0 aliphatic carbocycles. The summed E-state index contributed by atoms with van der Waals surface area (Å²) in [6.45, 7) is 0.949. The minimum Gasteiger partial charge on any atom is -0.497 e. The Morgan fingerprint density at radius 3 is 2.57 bits per heavy atom. The van der Waals surface area contributed by atoms with Gasteiger partial charge in [0.15, 0.2) is 0 Å². The summed E-state index contributed by atoms with van der Waals surface area (Å²) in [5, 5.41) is 4.01. The van der Waals surface area contributed by atoms with E-state index in [1.165, 1.54) is 5.56 Å². The van der Waals surface area contributed by atoms with E-state index in [2.05, 4.69) is 22.4 Å². The van der Waals surface area contributed by atoms with Gasteiger partial charge >= 0.3 is 0 Å². The van der Waals surface area contributed by atoms with Crippen LogP contribution in [0.2, 0.25) is 5.02 Å². The van der Waals surface area contributed by atoms with Crippen molar-refractivity contribution in [1.82, 2.24) is 10.3 Å². The lowest BCUT2D eigenvalue weighted by Crippen LogP contribution is -2.23. The highest BCUT2D eigenvalue weighted by atomic mass is 35.5. The maximum Gasteiger partial charge on any atom is 0.118 e. The lowest BCUT2D eigenvalue weighted by Gasteiger charge is -2.17. The van der Waals surface area contributed by atoms with Crippen LogP contribution in [0.25, 0.3) is 0 Å². The molecule has 1 heterocycles. The number of nitrogens with zero attached hydrogens (tertiary/aromatic N) is 1. The summed E-state index contributed by atoms with van der Waals surface area (Å²) < 4.78 is 5.20. The van der Waals surface area contributed by atoms with Crippen molar-refractivity contribution in [1.29, 1.82) is 0 Å². The molecule has 1 atom stereocenters. The van der Waals surface area contributed by atoms with Crippen LogP contribution in [0.5, 0.6) is 5.75 Å². The van der Waals surface area contributed by atoms with Crippen molar-refractivity contribution in [2.75, 3.05) is 20.7 Å². The zero-order valence-electron chi connectivity index (χ0n) is 12.5. The minimum atomic E-state index is 0.489. The van der Waals surface area contributed by atoms with Gasteiger partial charge in [0.2, 0.25) is 0 Å². The monoisotopic (exact) mass is 304 g/mol. The van der Waals surface area contributed by atoms with Crippen LogP contribution in [0, 0.1) is 5.92 Å². The quantitative estimate of drug-likeness (QED) is 0.851. The van der Waals surface area contributed by atoms with Gasteiger partial charge in [-0.15, -0.1) is 0 Å². The number of hydrogen-bond donors (Lipinski definition) is 1. The molecule has 2 rings (SSSR count). The molecule has 0 spiro atoms. The fourth-order valence-corrected chi connectivity index (χ4v) is 2.68. The van der Waals surface area contributed by atoms with Crippen molar-refractivity contribution >= 4 is 11.6 Å². The largest absolute Gasteiger partial charge is 0.497 e. The Kier molecular flexibility index (Phi) is 6.03. The molecule has 0 fully saturated rings. The summed E-state index contributed by atoms with van der Waals surface area (Å²) in [7, 11) is 3.67. The Balaban J connectivity index is 2.06. The number of hydrogen-bond acceptors (Lipinski definition) is 3. The third-order valence-electron chi connectivity index (χ3n) is 3.54. The predicted octanol–water partition coefficient (Wildman–Crippen LogP) is 3.36. The van der Waals surface area contributed by atoms with E-state index in [1.54, 1.807) is 19.5 Å². The Hall–Kier alpha value is -1.58. The van der Waals surface area contributed by atoms with E-state index >= 15 is 0 Å². The van der Waals surface area contributed by atoms with Gasteiger partial charge < -0.3 is 10.1 Å². The molecule has 0 saturated heterocycles. The maximum atomic E-state index is 6.21. The summed E-state index contributed by atoms with van der Waals surface area (Å²) in [4.78, 5) is 4.04. The number of aromatic nitrogens is 1. The van der Waals surface area contributed by atoms with Gasteiger partial charge in [-0.2, -0.15) is 0 Å². The SMILES string of the molecule is CNCC(Cc1ccc(OC)cc1)Cc1ccncc1Cl. The molecule has 0 saturated carbocycles. The molecule has 4 heteroatoms. The smallest absolute Gasteiger partial charge is 0.118 e. The van der Waals surface area contributed by atoms with E-state index in [-0.39, 0.29) is 0 Å². The molecule has 1 unspecified atom stereocenters. The Labute approximate surface area is 131 Å². The van der Waals surface area contributed by atoms with Crippen molar-refractivity contribution < 1.29 is 4.74 Å². The normalized spacial score (nSPS) is 12.1. The number of ether oxygens (including phenoxy) is 1. The van der Waals surface area contributed by atoms with E-state index in [0.29, 0.717) is 5.92 Å². The Bertz CT molecular complexity index is 557. The molecule has 0 aliphatic heterocycles. The summed E-state index contributed by atoms with van der Waals surface area (Å²) in [6, 6.07) is 10.3. The molecule has 2 aromatic rings. The summed E-state index contributed by atoms with van der Waals surface area (Å²) in [6.07, 6.45) is 5.45. The molecule has 0 bridgehead atoms. The molecule has 112 valence electrons. The minimum absolute atomic E-state index is 0.489. The van der Waals surface area contributed by atoms with Crippen LogP contribution in [-0.2, 0) is 12.8 Å². The van der Waals surface area contributed by atoms with Crippen LogP contribution < -0.4 is 10.1 Å². The van der Waals surface area contributed by atoms with Crippen LogP contribution in [0.15, 0.2) is 42.7 Å². The average Bonchev–Trinajstić information content (AvgIpc) is 2.50. The van der Waals surface area contributed by atoms with Gasteiger partial charge in [0.05, 0.1) is 12.1 Å². The number of benzene rings is 1. The first-order chi connectivity index (χ1) is 10.2. The number of methoxy groups -OCH3 is 1. The highest BCUT2D eigenvalue weighted by molar-refractivity contribution is 6.31. The second-order valence-electron chi connectivity index (χ2n) is 5.15. The second-order valence-corrected chi connectivity index (χ2v) is 5.55. The molecule has 1 aromatic carbocycles. The third kappa shape index (κ3) is 4.73. The van der Waals surface area contributed by atoms with Crippen molar-refractivity contribution in [3.63, 3.8) is 0 Å². The second kappa shape index (κ2) is 8.01. The van der Waals surface area contributed by atoms with Gasteiger partial charge in [0.25, 0.3) is 0 Å². The van der Waals surface area contributed by atoms with Crippen LogP contribution in [0.1, 0.15) is 11.1 Å². The lowest BCUT2D eigenvalue weighted by molar-refractivity contribution is 0.414. The molecule has 3 nitrogen and oxygen atoms in total. The van der Waals surface area contributed by atoms with E-state index in [9.17, 15) is 0 Å². The number of rotatable bonds is 7. The molecule has 0 amide bonds. The van der Waals surface area contributed by atoms with Gasteiger partial charge in [0.1, 0.15) is 5.75 Å². The van der Waals surface area contributed by atoms with Crippen molar-refractivity contribution in [3.8, 4) is 5.75 Å². The molecular formula is C17H21ClN2O. The van der Waals surface area contributed by atoms with Crippen LogP contribution in [0.3, 0.4) is 0 Å². The van der Waals surface area contributed by atoms with Gasteiger partial charge in [-0.25, -0.2) is 0 Å². The molecule has 1 aromatic heterocycles. The van der Waals surface area contributed by atoms with Crippen molar-refractivity contribution in [2.45, 2.75) is 12.8 Å². The lowest BCUT2D eigenvalue weighted by atomic mass is 9.93. The van der Waals surface area contributed by atoms with Crippen LogP contribution >= 0.6 is 11.6 Å². The number of halogens is 1. The van der Waals surface area contributed by atoms with Crippen molar-refractivity contribution in [3.05, 3.63) is 58.9 Å². The van der Waals surface area contributed by atoms with Crippen LogP contribution in [0.4, 0.5) is 0 Å². The Morgan fingerprint density at radius 2 is 1.95 bits per heavy atom. The van der Waals surface area contributed by atoms with E-state index in [4.69, 9.17) is 16.3 Å². The summed E-state index contributed by atoms with van der Waals surface area (Å²) in [5.41, 5.74) is 2.46. The van der Waals surface area contributed by atoms with Gasteiger partial charge in [-0.05, 0) is 61.7 Å². The van der Waals surface area contributed by atoms with Gasteiger partial charge in [0, 0.05) is 12.4 Å². The molecule has 0 radical (unpaired) electrons. The van der Waals surface area contributed by atoms with Crippen LogP contribution in [-0.4, -0.2) is 25.7 Å². The zero-order chi connectivity index (χ0) is 15.1. The first-order valence-corrected chi connectivity index (χ1v) is 7.46. The highest BCUT2D eigenvalue weighted by Crippen LogP contribution is 2.21. The highest BCUT2D eigenvalue weighted by Gasteiger charge is 2.12. The standard InChI is InChI=1S/C17H21ClN2O/c1-19-11-14(10-15-7-8-20-12-17(15)18)9-13-3-5-16(21-2)6-4-13/h3-8,12,14,19H,9-11H2,1-2H3. The molecule has 1 N–H and O–H groups in total.